The third-order valence-electron chi connectivity index (χ3n) is 3.26. The minimum atomic E-state index is -1.01. The Labute approximate surface area is 126 Å². The van der Waals surface area contributed by atoms with E-state index < -0.39 is 17.7 Å². The monoisotopic (exact) mass is 308 g/mol. The van der Waals surface area contributed by atoms with Crippen LogP contribution in [0.2, 0.25) is 5.02 Å². The first-order chi connectivity index (χ1) is 10.0. The van der Waals surface area contributed by atoms with Gasteiger partial charge in [-0.25, -0.2) is 4.39 Å². The standard InChI is InChI=1S/C16H14ClFO3/c1-21-13-6-3-10(4-7-13)14(16(19)20)8-11-2-5-12(17)9-15(11)18/h2-7,9,14H,8H2,1H3,(H,19,20). The molecule has 0 bridgehead atoms. The molecule has 0 aliphatic carbocycles. The Hall–Kier alpha value is -2.07. The molecule has 0 spiro atoms. The second kappa shape index (κ2) is 6.59. The van der Waals surface area contributed by atoms with Crippen molar-refractivity contribution in [2.75, 3.05) is 7.11 Å². The van der Waals surface area contributed by atoms with Gasteiger partial charge in [-0.15, -0.1) is 0 Å². The van der Waals surface area contributed by atoms with Gasteiger partial charge in [-0.3, -0.25) is 4.79 Å². The van der Waals surface area contributed by atoms with Crippen LogP contribution in [0.25, 0.3) is 0 Å². The molecule has 110 valence electrons. The molecule has 0 saturated heterocycles. The third-order valence-corrected chi connectivity index (χ3v) is 3.49. The van der Waals surface area contributed by atoms with Crippen LogP contribution in [0.3, 0.4) is 0 Å². The Morgan fingerprint density at radius 2 is 1.95 bits per heavy atom. The second-order valence-electron chi connectivity index (χ2n) is 4.60. The molecule has 2 rings (SSSR count). The molecule has 21 heavy (non-hydrogen) atoms. The Balaban J connectivity index is 2.28. The van der Waals surface area contributed by atoms with Gasteiger partial charge in [0.25, 0.3) is 0 Å². The van der Waals surface area contributed by atoms with Crippen molar-refractivity contribution in [1.29, 1.82) is 0 Å². The molecule has 3 nitrogen and oxygen atoms in total. The molecular weight excluding hydrogens is 295 g/mol. The first-order valence-corrected chi connectivity index (χ1v) is 6.69. The molecule has 2 aromatic carbocycles. The van der Waals surface area contributed by atoms with Gasteiger partial charge in [-0.05, 0) is 41.8 Å². The smallest absolute Gasteiger partial charge is 0.311 e. The minimum Gasteiger partial charge on any atom is -0.497 e. The fraction of sp³-hybridized carbons (Fsp3) is 0.188. The van der Waals surface area contributed by atoms with Gasteiger partial charge in [-0.1, -0.05) is 29.8 Å². The highest BCUT2D eigenvalue weighted by Gasteiger charge is 2.22. The van der Waals surface area contributed by atoms with Crippen molar-refractivity contribution in [3.8, 4) is 5.75 Å². The highest BCUT2D eigenvalue weighted by molar-refractivity contribution is 6.30. The molecule has 5 heteroatoms. The van der Waals surface area contributed by atoms with E-state index >= 15 is 0 Å². The number of aliphatic carboxylic acids is 1. The van der Waals surface area contributed by atoms with Crippen molar-refractivity contribution in [1.82, 2.24) is 0 Å². The average molecular weight is 309 g/mol. The van der Waals surface area contributed by atoms with E-state index in [9.17, 15) is 14.3 Å². The van der Waals surface area contributed by atoms with E-state index in [-0.39, 0.29) is 11.4 Å². The summed E-state index contributed by atoms with van der Waals surface area (Å²) in [6.07, 6.45) is 0.0602. The number of carboxylic acid groups (broad SMARTS) is 1. The van der Waals surface area contributed by atoms with Gasteiger partial charge in [0.15, 0.2) is 0 Å². The van der Waals surface area contributed by atoms with E-state index in [2.05, 4.69) is 0 Å². The van der Waals surface area contributed by atoms with Gasteiger partial charge in [0.05, 0.1) is 13.0 Å². The van der Waals surface area contributed by atoms with E-state index in [0.29, 0.717) is 16.9 Å². The maximum atomic E-state index is 13.8. The van der Waals surface area contributed by atoms with Crippen LogP contribution in [0.5, 0.6) is 5.75 Å². The summed E-state index contributed by atoms with van der Waals surface area (Å²) in [4.78, 5) is 11.5. The largest absolute Gasteiger partial charge is 0.497 e. The third kappa shape index (κ3) is 3.73. The summed E-state index contributed by atoms with van der Waals surface area (Å²) >= 11 is 5.70. The Kier molecular flexibility index (Phi) is 4.81. The zero-order valence-corrected chi connectivity index (χ0v) is 12.1. The van der Waals surface area contributed by atoms with E-state index in [0.717, 1.165) is 0 Å². The van der Waals surface area contributed by atoms with E-state index in [1.54, 1.807) is 30.3 Å². The number of carbonyl (C=O) groups is 1. The minimum absolute atomic E-state index is 0.0602. The number of benzene rings is 2. The lowest BCUT2D eigenvalue weighted by Crippen LogP contribution is -2.15. The summed E-state index contributed by atoms with van der Waals surface area (Å²) in [5.41, 5.74) is 0.917. The number of carboxylic acids is 1. The molecular formula is C16H14ClFO3. The van der Waals surface area contributed by atoms with Gasteiger partial charge >= 0.3 is 5.97 Å². The van der Waals surface area contributed by atoms with Crippen LogP contribution in [0.15, 0.2) is 42.5 Å². The Morgan fingerprint density at radius 3 is 2.48 bits per heavy atom. The molecule has 1 atom stereocenters. The summed E-state index contributed by atoms with van der Waals surface area (Å²) < 4.78 is 18.8. The molecule has 1 unspecified atom stereocenters. The van der Waals surface area contributed by atoms with Crippen LogP contribution >= 0.6 is 11.6 Å². The van der Waals surface area contributed by atoms with Crippen LogP contribution in [0.1, 0.15) is 17.0 Å². The van der Waals surface area contributed by atoms with Gasteiger partial charge in [-0.2, -0.15) is 0 Å². The van der Waals surface area contributed by atoms with Crippen LogP contribution in [0.4, 0.5) is 4.39 Å². The van der Waals surface area contributed by atoms with Crippen LogP contribution < -0.4 is 4.74 Å². The molecule has 2 aromatic rings. The normalized spacial score (nSPS) is 12.0. The number of ether oxygens (including phenoxy) is 1. The quantitative estimate of drug-likeness (QED) is 0.911. The molecule has 0 amide bonds. The predicted octanol–water partition coefficient (Wildman–Crippen LogP) is 3.90. The van der Waals surface area contributed by atoms with Crippen LogP contribution in [-0.2, 0) is 11.2 Å². The molecule has 0 aliphatic rings. The summed E-state index contributed by atoms with van der Waals surface area (Å²) in [5.74, 6) is -1.69. The number of rotatable bonds is 5. The van der Waals surface area contributed by atoms with Crippen molar-refractivity contribution in [2.45, 2.75) is 12.3 Å². The van der Waals surface area contributed by atoms with Gasteiger partial charge in [0.1, 0.15) is 11.6 Å². The Morgan fingerprint density at radius 1 is 1.29 bits per heavy atom. The fourth-order valence-corrected chi connectivity index (χ4v) is 2.25. The maximum Gasteiger partial charge on any atom is 0.311 e. The second-order valence-corrected chi connectivity index (χ2v) is 5.04. The lowest BCUT2D eigenvalue weighted by atomic mass is 9.92. The summed E-state index contributed by atoms with van der Waals surface area (Å²) in [7, 11) is 1.53. The first kappa shape index (κ1) is 15.3. The van der Waals surface area contributed by atoms with Gasteiger partial charge < -0.3 is 9.84 Å². The van der Waals surface area contributed by atoms with Gasteiger partial charge in [0, 0.05) is 5.02 Å². The van der Waals surface area contributed by atoms with Gasteiger partial charge in [0.2, 0.25) is 0 Å². The highest BCUT2D eigenvalue weighted by atomic mass is 35.5. The predicted molar refractivity (Wildman–Crippen MR) is 78.5 cm³/mol. The van der Waals surface area contributed by atoms with E-state index in [1.807, 2.05) is 0 Å². The molecule has 1 N–H and O–H groups in total. The topological polar surface area (TPSA) is 46.5 Å². The van der Waals surface area contributed by atoms with Crippen molar-refractivity contribution in [3.63, 3.8) is 0 Å². The fourth-order valence-electron chi connectivity index (χ4n) is 2.09. The Bertz CT molecular complexity index is 640. The molecule has 0 heterocycles. The van der Waals surface area contributed by atoms with E-state index in [1.165, 1.54) is 19.2 Å². The van der Waals surface area contributed by atoms with Crippen molar-refractivity contribution in [3.05, 3.63) is 64.4 Å². The lowest BCUT2D eigenvalue weighted by molar-refractivity contribution is -0.138. The number of hydrogen-bond acceptors (Lipinski definition) is 2. The number of methoxy groups -OCH3 is 1. The molecule has 0 aromatic heterocycles. The SMILES string of the molecule is COc1ccc(C(Cc2ccc(Cl)cc2F)C(=O)O)cc1. The molecule has 0 fully saturated rings. The summed E-state index contributed by atoms with van der Waals surface area (Å²) in [6, 6.07) is 11.0. The van der Waals surface area contributed by atoms with Crippen molar-refractivity contribution < 1.29 is 19.0 Å². The number of halogens is 2. The lowest BCUT2D eigenvalue weighted by Gasteiger charge is -2.14. The highest BCUT2D eigenvalue weighted by Crippen LogP contribution is 2.26. The van der Waals surface area contributed by atoms with Crippen LogP contribution in [-0.4, -0.2) is 18.2 Å². The first-order valence-electron chi connectivity index (χ1n) is 6.32. The van der Waals surface area contributed by atoms with E-state index in [4.69, 9.17) is 16.3 Å². The number of hydrogen-bond donors (Lipinski definition) is 1. The van der Waals surface area contributed by atoms with Crippen molar-refractivity contribution >= 4 is 17.6 Å². The summed E-state index contributed by atoms with van der Waals surface area (Å²) in [5, 5.41) is 9.67. The zero-order chi connectivity index (χ0) is 15.4. The maximum absolute atomic E-state index is 13.8. The average Bonchev–Trinajstić information content (AvgIpc) is 2.46. The molecule has 0 saturated carbocycles. The zero-order valence-electron chi connectivity index (χ0n) is 11.3. The van der Waals surface area contributed by atoms with Crippen LogP contribution in [0, 0.1) is 5.82 Å². The molecule has 0 radical (unpaired) electrons. The summed E-state index contributed by atoms with van der Waals surface area (Å²) in [6.45, 7) is 0. The molecule has 0 aliphatic heterocycles. The van der Waals surface area contributed by atoms with Crippen molar-refractivity contribution in [2.24, 2.45) is 0 Å².